The average Bonchev–Trinajstić information content (AvgIpc) is 3.33. The van der Waals surface area contributed by atoms with Crippen LogP contribution in [0.15, 0.2) is 57.2 Å². The maximum Gasteiger partial charge on any atom is 0.270 e. The summed E-state index contributed by atoms with van der Waals surface area (Å²) in [5.74, 6) is 0.115. The molecule has 2 N–H and O–H groups in total. The van der Waals surface area contributed by atoms with Gasteiger partial charge >= 0.3 is 0 Å². The minimum Gasteiger partial charge on any atom is -0.465 e. The van der Waals surface area contributed by atoms with E-state index in [1.807, 2.05) is 24.3 Å². The summed E-state index contributed by atoms with van der Waals surface area (Å²) < 4.78 is 6.34. The molecule has 6 nitrogen and oxygen atoms in total. The molecule has 1 aromatic carbocycles. The van der Waals surface area contributed by atoms with Crippen LogP contribution in [0.4, 0.5) is 0 Å². The summed E-state index contributed by atoms with van der Waals surface area (Å²) in [5, 5.41) is 14.0. The van der Waals surface area contributed by atoms with Crippen LogP contribution in [0, 0.1) is 5.92 Å². The predicted octanol–water partition coefficient (Wildman–Crippen LogP) is 4.59. The van der Waals surface area contributed by atoms with Gasteiger partial charge in [0.2, 0.25) is 5.91 Å². The number of hydrogen-bond donors (Lipinski definition) is 2. The van der Waals surface area contributed by atoms with Crippen LogP contribution in [-0.2, 0) is 15.2 Å². The highest BCUT2D eigenvalue weighted by atomic mass is 79.9. The molecule has 1 aliphatic heterocycles. The molecule has 170 valence electrons. The molecule has 0 spiro atoms. The van der Waals surface area contributed by atoms with Gasteiger partial charge in [-0.2, -0.15) is 0 Å². The first-order chi connectivity index (χ1) is 15.4. The first-order valence-electron chi connectivity index (χ1n) is 11.3. The minimum atomic E-state index is -0.965. The largest absolute Gasteiger partial charge is 0.465 e. The Morgan fingerprint density at radius 3 is 2.41 bits per heavy atom. The van der Waals surface area contributed by atoms with Crippen LogP contribution in [0.3, 0.4) is 0 Å². The molecule has 2 aromatic rings. The second-order valence-corrected chi connectivity index (χ2v) is 9.64. The Balaban J connectivity index is 1.46. The van der Waals surface area contributed by atoms with E-state index in [-0.39, 0.29) is 23.4 Å². The minimum absolute atomic E-state index is 0.0552. The third-order valence-electron chi connectivity index (χ3n) is 6.55. The van der Waals surface area contributed by atoms with Gasteiger partial charge in [0.15, 0.2) is 0 Å². The van der Waals surface area contributed by atoms with Crippen molar-refractivity contribution in [3.05, 3.63) is 64.2 Å². The lowest BCUT2D eigenvalue weighted by Gasteiger charge is -2.39. The number of amides is 2. The maximum atomic E-state index is 13.3. The lowest BCUT2D eigenvalue weighted by atomic mass is 9.84. The van der Waals surface area contributed by atoms with Crippen LogP contribution >= 0.6 is 15.9 Å². The number of nitrogens with one attached hydrogen (secondary N) is 1. The quantitative estimate of drug-likeness (QED) is 0.588. The molecule has 0 bridgehead atoms. The van der Waals surface area contributed by atoms with E-state index in [1.165, 1.54) is 6.26 Å². The Labute approximate surface area is 196 Å². The lowest BCUT2D eigenvalue weighted by molar-refractivity contribution is -0.134. The van der Waals surface area contributed by atoms with Crippen molar-refractivity contribution in [2.75, 3.05) is 13.1 Å². The van der Waals surface area contributed by atoms with Gasteiger partial charge in [-0.15, -0.1) is 0 Å². The number of rotatable bonds is 5. The molecule has 1 aliphatic carbocycles. The van der Waals surface area contributed by atoms with Gasteiger partial charge in [0.1, 0.15) is 11.5 Å². The van der Waals surface area contributed by atoms with Crippen LogP contribution in [0.25, 0.3) is 6.08 Å². The normalized spacial score (nSPS) is 19.6. The second kappa shape index (κ2) is 10.0. The Hall–Kier alpha value is -2.38. The Morgan fingerprint density at radius 2 is 1.78 bits per heavy atom. The van der Waals surface area contributed by atoms with E-state index in [9.17, 15) is 14.7 Å². The van der Waals surface area contributed by atoms with Crippen molar-refractivity contribution in [1.82, 2.24) is 10.2 Å². The molecule has 4 rings (SSSR count). The lowest BCUT2D eigenvalue weighted by Crippen LogP contribution is -2.47. The van der Waals surface area contributed by atoms with E-state index in [4.69, 9.17) is 4.42 Å². The summed E-state index contributed by atoms with van der Waals surface area (Å²) in [6, 6.07) is 11.1. The number of benzene rings is 1. The number of piperidine rings is 1. The zero-order valence-electron chi connectivity index (χ0n) is 18.1. The van der Waals surface area contributed by atoms with Gasteiger partial charge in [-0.3, -0.25) is 9.59 Å². The number of aliphatic hydroxyl groups is 1. The van der Waals surface area contributed by atoms with Gasteiger partial charge in [0, 0.05) is 29.6 Å². The summed E-state index contributed by atoms with van der Waals surface area (Å²) in [6.07, 6.45) is 8.97. The van der Waals surface area contributed by atoms with Crippen LogP contribution in [0.5, 0.6) is 0 Å². The van der Waals surface area contributed by atoms with Crippen molar-refractivity contribution in [2.45, 2.75) is 50.5 Å². The smallest absolute Gasteiger partial charge is 0.270 e. The molecular weight excluding hydrogens is 472 g/mol. The van der Waals surface area contributed by atoms with E-state index in [1.54, 1.807) is 23.1 Å². The molecular formula is C25H29BrN2O4. The highest BCUT2D eigenvalue weighted by Crippen LogP contribution is 2.34. The van der Waals surface area contributed by atoms with Crippen molar-refractivity contribution < 1.29 is 19.1 Å². The summed E-state index contributed by atoms with van der Waals surface area (Å²) in [6.45, 7) is 0.806. The molecule has 0 unspecified atom stereocenters. The molecule has 2 aliphatic rings. The molecule has 7 heteroatoms. The molecule has 32 heavy (non-hydrogen) atoms. The van der Waals surface area contributed by atoms with Gasteiger partial charge < -0.3 is 19.7 Å². The van der Waals surface area contributed by atoms with E-state index in [2.05, 4.69) is 21.2 Å². The molecule has 2 fully saturated rings. The Morgan fingerprint density at radius 1 is 1.09 bits per heavy atom. The van der Waals surface area contributed by atoms with Gasteiger partial charge in [-0.25, -0.2) is 0 Å². The van der Waals surface area contributed by atoms with Gasteiger partial charge in [-0.05, 0) is 55.5 Å². The highest BCUT2D eigenvalue weighted by Gasteiger charge is 2.36. The van der Waals surface area contributed by atoms with Gasteiger partial charge in [0.25, 0.3) is 5.91 Å². The van der Waals surface area contributed by atoms with Crippen molar-refractivity contribution in [3.63, 3.8) is 0 Å². The standard InChI is InChI=1S/C25H29BrN2O4/c26-20-10-8-19(9-11-20)25(31)12-14-28(15-13-25)24(30)22(17-21-7-4-16-32-21)27-23(29)18-5-2-1-3-6-18/h4,7-11,16-18,31H,1-3,5-6,12-15H2,(H,27,29). The van der Waals surface area contributed by atoms with Crippen LogP contribution in [-0.4, -0.2) is 34.9 Å². The summed E-state index contributed by atoms with van der Waals surface area (Å²) in [4.78, 5) is 27.9. The fourth-order valence-corrected chi connectivity index (χ4v) is 4.83. The zero-order chi connectivity index (χ0) is 22.6. The van der Waals surface area contributed by atoms with E-state index >= 15 is 0 Å². The molecule has 1 aromatic heterocycles. The summed E-state index contributed by atoms with van der Waals surface area (Å²) in [5.41, 5.74) is 0.114. The van der Waals surface area contributed by atoms with Crippen molar-refractivity contribution in [1.29, 1.82) is 0 Å². The predicted molar refractivity (Wildman–Crippen MR) is 125 cm³/mol. The first kappa shape index (κ1) is 22.8. The van der Waals surface area contributed by atoms with E-state index in [0.29, 0.717) is 31.7 Å². The number of furan rings is 1. The van der Waals surface area contributed by atoms with E-state index in [0.717, 1.165) is 42.1 Å². The Bertz CT molecular complexity index is 954. The SMILES string of the molecule is O=C(NC(=Cc1ccco1)C(=O)N1CCC(O)(c2ccc(Br)cc2)CC1)C1CCCCC1. The second-order valence-electron chi connectivity index (χ2n) is 8.73. The van der Waals surface area contributed by atoms with Crippen LogP contribution in [0.1, 0.15) is 56.3 Å². The molecule has 1 saturated heterocycles. The number of likely N-dealkylation sites (tertiary alicyclic amines) is 1. The van der Waals surface area contributed by atoms with Crippen LogP contribution < -0.4 is 5.32 Å². The molecule has 0 atom stereocenters. The van der Waals surface area contributed by atoms with Crippen LogP contribution in [0.2, 0.25) is 0 Å². The topological polar surface area (TPSA) is 82.8 Å². The molecule has 2 amide bonds. The summed E-state index contributed by atoms with van der Waals surface area (Å²) >= 11 is 3.42. The van der Waals surface area contributed by atoms with Gasteiger partial charge in [-0.1, -0.05) is 47.3 Å². The molecule has 2 heterocycles. The maximum absolute atomic E-state index is 13.3. The van der Waals surface area contributed by atoms with Crippen molar-refractivity contribution >= 4 is 33.8 Å². The number of carbonyl (C=O) groups excluding carboxylic acids is 2. The van der Waals surface area contributed by atoms with E-state index < -0.39 is 5.60 Å². The third-order valence-corrected chi connectivity index (χ3v) is 7.08. The monoisotopic (exact) mass is 500 g/mol. The zero-order valence-corrected chi connectivity index (χ0v) is 19.6. The van der Waals surface area contributed by atoms with Crippen molar-refractivity contribution in [2.24, 2.45) is 5.92 Å². The number of nitrogens with zero attached hydrogens (tertiary/aromatic N) is 1. The number of carbonyl (C=O) groups is 2. The fourth-order valence-electron chi connectivity index (χ4n) is 4.57. The fraction of sp³-hybridized carbons (Fsp3) is 0.440. The summed E-state index contributed by atoms with van der Waals surface area (Å²) in [7, 11) is 0. The third kappa shape index (κ3) is 5.33. The molecule has 1 saturated carbocycles. The van der Waals surface area contributed by atoms with Crippen molar-refractivity contribution in [3.8, 4) is 0 Å². The Kier molecular flexibility index (Phi) is 7.16. The molecule has 0 radical (unpaired) electrons. The first-order valence-corrected chi connectivity index (χ1v) is 12.1. The number of halogens is 1. The van der Waals surface area contributed by atoms with Gasteiger partial charge in [0.05, 0.1) is 11.9 Å². The number of hydrogen-bond acceptors (Lipinski definition) is 4. The average molecular weight is 501 g/mol. The highest BCUT2D eigenvalue weighted by molar-refractivity contribution is 9.10.